The van der Waals surface area contributed by atoms with Crippen LogP contribution in [0.5, 0.6) is 0 Å². The molecule has 0 aromatic carbocycles. The number of hydrogen-bond acceptors (Lipinski definition) is 6. The summed E-state index contributed by atoms with van der Waals surface area (Å²) in [5, 5.41) is 18.7. The number of hydrogen-bond donors (Lipinski definition) is 3. The third-order valence-corrected chi connectivity index (χ3v) is 4.00. The van der Waals surface area contributed by atoms with Crippen LogP contribution in [0.2, 0.25) is 0 Å². The Kier molecular flexibility index (Phi) is 4.36. The summed E-state index contributed by atoms with van der Waals surface area (Å²) < 4.78 is 1.65. The molecule has 0 saturated heterocycles. The Morgan fingerprint density at radius 2 is 2.09 bits per heavy atom. The second kappa shape index (κ2) is 5.91. The third-order valence-electron chi connectivity index (χ3n) is 3.06. The molecule has 0 saturated carbocycles. The fourth-order valence-electron chi connectivity index (χ4n) is 1.78. The van der Waals surface area contributed by atoms with Crippen LogP contribution in [0.25, 0.3) is 0 Å². The van der Waals surface area contributed by atoms with E-state index in [9.17, 15) is 4.79 Å². The second-order valence-corrected chi connectivity index (χ2v) is 7.13. The van der Waals surface area contributed by atoms with Gasteiger partial charge in [0.1, 0.15) is 10.8 Å². The first-order chi connectivity index (χ1) is 10.2. The zero-order valence-corrected chi connectivity index (χ0v) is 14.2. The first-order valence-electron chi connectivity index (χ1n) is 6.87. The average Bonchev–Trinajstić information content (AvgIpc) is 2.96. The zero-order valence-electron chi connectivity index (χ0n) is 13.3. The Bertz CT molecular complexity index is 670. The molecule has 1 unspecified atom stereocenters. The molecule has 1 atom stereocenters. The number of aryl methyl sites for hydroxylation is 1. The Labute approximate surface area is 133 Å². The van der Waals surface area contributed by atoms with Crippen LogP contribution in [0.1, 0.15) is 44.4 Å². The van der Waals surface area contributed by atoms with Crippen molar-refractivity contribution >= 4 is 28.3 Å². The molecule has 8 nitrogen and oxygen atoms in total. The topological polar surface area (TPSA) is 111 Å². The minimum absolute atomic E-state index is 0.0778. The molecule has 9 heteroatoms. The molecule has 0 fully saturated rings. The van der Waals surface area contributed by atoms with Gasteiger partial charge in [-0.05, 0) is 6.92 Å². The average molecular weight is 323 g/mol. The van der Waals surface area contributed by atoms with Crippen LogP contribution in [-0.2, 0) is 12.5 Å². The van der Waals surface area contributed by atoms with Crippen molar-refractivity contribution < 1.29 is 4.79 Å². The quantitative estimate of drug-likeness (QED) is 0.800. The summed E-state index contributed by atoms with van der Waals surface area (Å²) in [6.45, 7) is 8.03. The Morgan fingerprint density at radius 3 is 2.59 bits per heavy atom. The summed E-state index contributed by atoms with van der Waals surface area (Å²) >= 11 is 1.25. The summed E-state index contributed by atoms with van der Waals surface area (Å²) in [6, 6.07) is 1.27. The van der Waals surface area contributed by atoms with Crippen LogP contribution < -0.4 is 16.4 Å². The predicted molar refractivity (Wildman–Crippen MR) is 86.8 cm³/mol. The van der Waals surface area contributed by atoms with Gasteiger partial charge in [-0.25, -0.2) is 4.79 Å². The first-order valence-corrected chi connectivity index (χ1v) is 7.69. The van der Waals surface area contributed by atoms with E-state index in [1.807, 2.05) is 13.0 Å². The number of urea groups is 1. The van der Waals surface area contributed by atoms with Gasteiger partial charge < -0.3 is 11.1 Å². The molecule has 0 bridgehead atoms. The van der Waals surface area contributed by atoms with Crippen molar-refractivity contribution in [3.8, 4) is 0 Å². The van der Waals surface area contributed by atoms with Crippen molar-refractivity contribution in [1.29, 1.82) is 0 Å². The lowest BCUT2D eigenvalue weighted by molar-refractivity contribution is 0.249. The molecule has 2 amide bonds. The molecule has 2 heterocycles. The largest absolute Gasteiger partial charge is 0.374 e. The standard InChI is InChI=1S/C13H21N7OS/c1-7(10-17-18-11(14)22-10)15-12(21)16-9-6-8(13(2,3)4)19-20(9)5/h6-7H,1-5H3,(H2,14,18)(H2,15,16,21). The lowest BCUT2D eigenvalue weighted by atomic mass is 9.92. The van der Waals surface area contributed by atoms with Gasteiger partial charge >= 0.3 is 6.03 Å². The number of nitrogens with two attached hydrogens (primary N) is 1. The maximum Gasteiger partial charge on any atom is 0.320 e. The van der Waals surface area contributed by atoms with Crippen LogP contribution in [0, 0.1) is 0 Å². The van der Waals surface area contributed by atoms with Crippen molar-refractivity contribution in [3.05, 3.63) is 16.8 Å². The Balaban J connectivity index is 2.02. The number of nitrogens with zero attached hydrogens (tertiary/aromatic N) is 4. The SMILES string of the molecule is CC(NC(=O)Nc1cc(C(C)(C)C)nn1C)c1nnc(N)s1. The van der Waals surface area contributed by atoms with Gasteiger partial charge in [0.05, 0.1) is 11.7 Å². The van der Waals surface area contributed by atoms with Gasteiger partial charge in [0, 0.05) is 18.5 Å². The molecular formula is C13H21N7OS. The van der Waals surface area contributed by atoms with Gasteiger partial charge in [0.15, 0.2) is 0 Å². The van der Waals surface area contributed by atoms with E-state index in [1.54, 1.807) is 11.7 Å². The highest BCUT2D eigenvalue weighted by molar-refractivity contribution is 7.15. The summed E-state index contributed by atoms with van der Waals surface area (Å²) in [5.74, 6) is 0.631. The fourth-order valence-corrected chi connectivity index (χ4v) is 2.40. The number of amides is 2. The van der Waals surface area contributed by atoms with E-state index in [2.05, 4.69) is 46.7 Å². The highest BCUT2D eigenvalue weighted by atomic mass is 32.1. The number of anilines is 2. The van der Waals surface area contributed by atoms with E-state index in [0.717, 1.165) is 5.69 Å². The lowest BCUT2D eigenvalue weighted by Gasteiger charge is -2.13. The molecule has 120 valence electrons. The van der Waals surface area contributed by atoms with Crippen molar-refractivity contribution in [2.75, 3.05) is 11.1 Å². The van der Waals surface area contributed by atoms with Crippen LogP contribution in [0.15, 0.2) is 6.07 Å². The number of rotatable bonds is 3. The number of nitrogens with one attached hydrogen (secondary N) is 2. The van der Waals surface area contributed by atoms with Crippen LogP contribution in [0.3, 0.4) is 0 Å². The smallest absolute Gasteiger partial charge is 0.320 e. The summed E-state index contributed by atoms with van der Waals surface area (Å²) in [5.41, 5.74) is 6.37. The monoisotopic (exact) mass is 323 g/mol. The number of carbonyl (C=O) groups excluding carboxylic acids is 1. The molecule has 2 aromatic rings. The van der Waals surface area contributed by atoms with Gasteiger partial charge in [0.25, 0.3) is 0 Å². The summed E-state index contributed by atoms with van der Waals surface area (Å²) in [7, 11) is 1.79. The molecule has 2 aromatic heterocycles. The molecule has 4 N–H and O–H groups in total. The van der Waals surface area contributed by atoms with E-state index in [-0.39, 0.29) is 17.5 Å². The van der Waals surface area contributed by atoms with Gasteiger partial charge in [-0.1, -0.05) is 32.1 Å². The molecule has 0 aliphatic heterocycles. The number of carbonyl (C=O) groups is 1. The zero-order chi connectivity index (χ0) is 16.5. The maximum absolute atomic E-state index is 12.1. The predicted octanol–water partition coefficient (Wildman–Crippen LogP) is 2.03. The van der Waals surface area contributed by atoms with E-state index >= 15 is 0 Å². The van der Waals surface area contributed by atoms with Crippen molar-refractivity contribution in [2.24, 2.45) is 7.05 Å². The van der Waals surface area contributed by atoms with Gasteiger partial charge in [-0.2, -0.15) is 5.10 Å². The minimum atomic E-state index is -0.329. The number of aromatic nitrogens is 4. The Morgan fingerprint density at radius 1 is 1.41 bits per heavy atom. The van der Waals surface area contributed by atoms with E-state index in [4.69, 9.17) is 5.73 Å². The molecule has 0 aliphatic rings. The molecule has 2 rings (SSSR count). The molecule has 0 aliphatic carbocycles. The number of nitrogen functional groups attached to an aromatic ring is 1. The molecule has 0 spiro atoms. The van der Waals surface area contributed by atoms with Crippen LogP contribution >= 0.6 is 11.3 Å². The van der Waals surface area contributed by atoms with Crippen molar-refractivity contribution in [1.82, 2.24) is 25.3 Å². The normalized spacial score (nSPS) is 13.0. The van der Waals surface area contributed by atoms with Crippen LogP contribution in [-0.4, -0.2) is 26.0 Å². The highest BCUT2D eigenvalue weighted by Gasteiger charge is 2.20. The summed E-state index contributed by atoms with van der Waals surface area (Å²) in [4.78, 5) is 12.1. The first kappa shape index (κ1) is 16.2. The Hall–Kier alpha value is -2.16. The van der Waals surface area contributed by atoms with Gasteiger partial charge in [0.2, 0.25) is 5.13 Å². The molecule has 0 radical (unpaired) electrons. The minimum Gasteiger partial charge on any atom is -0.374 e. The molecular weight excluding hydrogens is 302 g/mol. The van der Waals surface area contributed by atoms with E-state index in [1.165, 1.54) is 11.3 Å². The second-order valence-electron chi connectivity index (χ2n) is 6.09. The maximum atomic E-state index is 12.1. The van der Waals surface area contributed by atoms with E-state index < -0.39 is 0 Å². The fraction of sp³-hybridized carbons (Fsp3) is 0.538. The highest BCUT2D eigenvalue weighted by Crippen LogP contribution is 2.23. The van der Waals surface area contributed by atoms with Gasteiger partial charge in [-0.3, -0.25) is 10.00 Å². The summed E-state index contributed by atoms with van der Waals surface area (Å²) in [6.07, 6.45) is 0. The third kappa shape index (κ3) is 3.73. The van der Waals surface area contributed by atoms with Crippen molar-refractivity contribution in [3.63, 3.8) is 0 Å². The van der Waals surface area contributed by atoms with Gasteiger partial charge in [-0.15, -0.1) is 10.2 Å². The molecule has 22 heavy (non-hydrogen) atoms. The van der Waals surface area contributed by atoms with E-state index in [0.29, 0.717) is 16.0 Å². The lowest BCUT2D eigenvalue weighted by Crippen LogP contribution is -2.31. The van der Waals surface area contributed by atoms with Crippen molar-refractivity contribution in [2.45, 2.75) is 39.2 Å². The van der Waals surface area contributed by atoms with Crippen LogP contribution in [0.4, 0.5) is 15.7 Å².